The van der Waals surface area contributed by atoms with Crippen molar-refractivity contribution >= 4 is 11.4 Å². The highest BCUT2D eigenvalue weighted by Crippen LogP contribution is 2.18. The zero-order valence-electron chi connectivity index (χ0n) is 13.4. The van der Waals surface area contributed by atoms with Gasteiger partial charge in [0.1, 0.15) is 12.2 Å². The van der Waals surface area contributed by atoms with Crippen molar-refractivity contribution in [3.8, 4) is 0 Å². The van der Waals surface area contributed by atoms with Gasteiger partial charge in [0.25, 0.3) is 0 Å². The second-order valence-electron chi connectivity index (χ2n) is 5.29. The fourth-order valence-corrected chi connectivity index (χ4v) is 2.39. The van der Waals surface area contributed by atoms with Crippen molar-refractivity contribution in [3.05, 3.63) is 36.4 Å². The Morgan fingerprint density at radius 1 is 1.14 bits per heavy atom. The SMILES string of the molecule is CCN(CC)c1ccc(NCc2ncnn2C(C)C)cc1. The molecule has 2 rings (SSSR count). The van der Waals surface area contributed by atoms with E-state index in [9.17, 15) is 0 Å². The first-order valence-electron chi connectivity index (χ1n) is 7.63. The highest BCUT2D eigenvalue weighted by Gasteiger charge is 2.07. The van der Waals surface area contributed by atoms with Gasteiger partial charge >= 0.3 is 0 Å². The Morgan fingerprint density at radius 2 is 1.81 bits per heavy atom. The molecule has 0 aliphatic carbocycles. The third-order valence-corrected chi connectivity index (χ3v) is 3.58. The summed E-state index contributed by atoms with van der Waals surface area (Å²) in [6, 6.07) is 8.87. The average molecular weight is 287 g/mol. The molecular formula is C16H25N5. The predicted octanol–water partition coefficient (Wildman–Crippen LogP) is 3.32. The van der Waals surface area contributed by atoms with Crippen molar-refractivity contribution in [1.82, 2.24) is 14.8 Å². The Morgan fingerprint density at radius 3 is 2.38 bits per heavy atom. The molecule has 0 aliphatic rings. The molecule has 21 heavy (non-hydrogen) atoms. The molecule has 0 amide bonds. The Hall–Kier alpha value is -2.04. The summed E-state index contributed by atoms with van der Waals surface area (Å²) >= 11 is 0. The summed E-state index contributed by atoms with van der Waals surface area (Å²) in [4.78, 5) is 6.64. The molecule has 114 valence electrons. The van der Waals surface area contributed by atoms with Crippen LogP contribution in [0.15, 0.2) is 30.6 Å². The summed E-state index contributed by atoms with van der Waals surface area (Å²) in [5.41, 5.74) is 2.36. The minimum Gasteiger partial charge on any atom is -0.378 e. The van der Waals surface area contributed by atoms with E-state index < -0.39 is 0 Å². The molecule has 0 spiro atoms. The van der Waals surface area contributed by atoms with Gasteiger partial charge in [-0.2, -0.15) is 5.10 Å². The molecule has 0 unspecified atom stereocenters. The van der Waals surface area contributed by atoms with Crippen molar-refractivity contribution < 1.29 is 0 Å². The van der Waals surface area contributed by atoms with E-state index in [0.717, 1.165) is 24.6 Å². The summed E-state index contributed by atoms with van der Waals surface area (Å²) in [5, 5.41) is 7.65. The van der Waals surface area contributed by atoms with Gasteiger partial charge in [0.15, 0.2) is 0 Å². The Bertz CT molecular complexity index is 540. The lowest BCUT2D eigenvalue weighted by Crippen LogP contribution is -2.21. The Kier molecular flexibility index (Phi) is 5.20. The number of nitrogens with zero attached hydrogens (tertiary/aromatic N) is 4. The lowest BCUT2D eigenvalue weighted by molar-refractivity contribution is 0.509. The topological polar surface area (TPSA) is 46.0 Å². The van der Waals surface area contributed by atoms with Crippen molar-refractivity contribution in [3.63, 3.8) is 0 Å². The van der Waals surface area contributed by atoms with Crippen LogP contribution in [-0.2, 0) is 6.54 Å². The highest BCUT2D eigenvalue weighted by molar-refractivity contribution is 5.55. The van der Waals surface area contributed by atoms with Gasteiger partial charge in [0.2, 0.25) is 0 Å². The van der Waals surface area contributed by atoms with Crippen molar-refractivity contribution in [2.75, 3.05) is 23.3 Å². The second-order valence-corrected chi connectivity index (χ2v) is 5.29. The first-order valence-corrected chi connectivity index (χ1v) is 7.63. The van der Waals surface area contributed by atoms with Crippen molar-refractivity contribution in [2.24, 2.45) is 0 Å². The average Bonchev–Trinajstić information content (AvgIpc) is 2.96. The fraction of sp³-hybridized carbons (Fsp3) is 0.500. The zero-order chi connectivity index (χ0) is 15.2. The molecule has 0 fully saturated rings. The summed E-state index contributed by atoms with van der Waals surface area (Å²) in [6.07, 6.45) is 1.61. The first-order chi connectivity index (χ1) is 10.2. The molecule has 0 saturated carbocycles. The molecule has 0 atom stereocenters. The maximum absolute atomic E-state index is 4.31. The number of aromatic nitrogens is 3. The third-order valence-electron chi connectivity index (χ3n) is 3.58. The van der Waals surface area contributed by atoms with Crippen LogP contribution in [0.2, 0.25) is 0 Å². The Balaban J connectivity index is 1.99. The first kappa shape index (κ1) is 15.4. The van der Waals surface area contributed by atoms with Gasteiger partial charge in [-0.1, -0.05) is 0 Å². The number of rotatable bonds is 7. The van der Waals surface area contributed by atoms with Gasteiger partial charge in [-0.05, 0) is 52.0 Å². The highest BCUT2D eigenvalue weighted by atomic mass is 15.4. The molecule has 0 saturated heterocycles. The van der Waals surface area contributed by atoms with Crippen LogP contribution < -0.4 is 10.2 Å². The van der Waals surface area contributed by atoms with Crippen LogP contribution in [0, 0.1) is 0 Å². The molecule has 2 aromatic rings. The van der Waals surface area contributed by atoms with Gasteiger partial charge in [-0.15, -0.1) is 0 Å². The third kappa shape index (κ3) is 3.74. The van der Waals surface area contributed by atoms with Crippen LogP contribution in [0.1, 0.15) is 39.6 Å². The van der Waals surface area contributed by atoms with Gasteiger partial charge in [-0.3, -0.25) is 0 Å². The summed E-state index contributed by atoms with van der Waals surface area (Å²) in [5.74, 6) is 0.956. The van der Waals surface area contributed by atoms with E-state index in [0.29, 0.717) is 12.6 Å². The second kappa shape index (κ2) is 7.11. The van der Waals surface area contributed by atoms with Gasteiger partial charge < -0.3 is 10.2 Å². The van der Waals surface area contributed by atoms with Crippen LogP contribution in [0.5, 0.6) is 0 Å². The minimum atomic E-state index is 0.328. The van der Waals surface area contributed by atoms with Gasteiger partial charge in [0.05, 0.1) is 6.54 Å². The molecule has 1 aromatic heterocycles. The molecular weight excluding hydrogens is 262 g/mol. The van der Waals surface area contributed by atoms with E-state index in [-0.39, 0.29) is 0 Å². The number of hydrogen-bond acceptors (Lipinski definition) is 4. The van der Waals surface area contributed by atoms with Crippen LogP contribution in [0.4, 0.5) is 11.4 Å². The van der Waals surface area contributed by atoms with Crippen LogP contribution in [0.25, 0.3) is 0 Å². The summed E-state index contributed by atoms with van der Waals surface area (Å²) < 4.78 is 1.94. The Labute approximate surface area is 127 Å². The zero-order valence-corrected chi connectivity index (χ0v) is 13.4. The van der Waals surface area contributed by atoms with Crippen molar-refractivity contribution in [2.45, 2.75) is 40.3 Å². The normalized spacial score (nSPS) is 10.9. The number of nitrogens with one attached hydrogen (secondary N) is 1. The molecule has 5 heteroatoms. The standard InChI is InChI=1S/C16H25N5/c1-5-20(6-2)15-9-7-14(8-10-15)17-11-16-18-12-19-21(16)13(3)4/h7-10,12-13,17H,5-6,11H2,1-4H3. The lowest BCUT2D eigenvalue weighted by atomic mass is 10.2. The van der Waals surface area contributed by atoms with Crippen molar-refractivity contribution in [1.29, 1.82) is 0 Å². The van der Waals surface area contributed by atoms with Crippen LogP contribution in [0.3, 0.4) is 0 Å². The van der Waals surface area contributed by atoms with Crippen LogP contribution in [-0.4, -0.2) is 27.9 Å². The molecule has 1 N–H and O–H groups in total. The molecule has 0 bridgehead atoms. The lowest BCUT2D eigenvalue weighted by Gasteiger charge is -2.21. The van der Waals surface area contributed by atoms with E-state index in [1.807, 2.05) is 4.68 Å². The van der Waals surface area contributed by atoms with E-state index in [2.05, 4.69) is 72.3 Å². The number of benzene rings is 1. The largest absolute Gasteiger partial charge is 0.378 e. The van der Waals surface area contributed by atoms with E-state index in [4.69, 9.17) is 0 Å². The summed E-state index contributed by atoms with van der Waals surface area (Å²) in [7, 11) is 0. The number of anilines is 2. The summed E-state index contributed by atoms with van der Waals surface area (Å²) in [6.45, 7) is 11.3. The molecule has 0 radical (unpaired) electrons. The quantitative estimate of drug-likeness (QED) is 0.848. The van der Waals surface area contributed by atoms with Gasteiger partial charge in [-0.25, -0.2) is 9.67 Å². The fourth-order valence-electron chi connectivity index (χ4n) is 2.39. The van der Waals surface area contributed by atoms with Crippen LogP contribution >= 0.6 is 0 Å². The van der Waals surface area contributed by atoms with E-state index >= 15 is 0 Å². The predicted molar refractivity (Wildman–Crippen MR) is 87.7 cm³/mol. The van der Waals surface area contributed by atoms with Gasteiger partial charge in [0, 0.05) is 30.5 Å². The maximum atomic E-state index is 4.31. The monoisotopic (exact) mass is 287 g/mol. The number of hydrogen-bond donors (Lipinski definition) is 1. The molecule has 5 nitrogen and oxygen atoms in total. The molecule has 0 aliphatic heterocycles. The smallest absolute Gasteiger partial charge is 0.146 e. The maximum Gasteiger partial charge on any atom is 0.146 e. The van der Waals surface area contributed by atoms with E-state index in [1.165, 1.54) is 5.69 Å². The molecule has 1 aromatic carbocycles. The minimum absolute atomic E-state index is 0.328. The van der Waals surface area contributed by atoms with E-state index in [1.54, 1.807) is 6.33 Å². The molecule has 1 heterocycles.